The Hall–Kier alpha value is -1.78. The first-order chi connectivity index (χ1) is 8.08. The van der Waals surface area contributed by atoms with Crippen LogP contribution in [0, 0.1) is 0 Å². The number of amides is 1. The summed E-state index contributed by atoms with van der Waals surface area (Å²) >= 11 is 0. The molecule has 0 aliphatic rings. The highest BCUT2D eigenvalue weighted by Gasteiger charge is 2.16. The maximum absolute atomic E-state index is 11.7. The SMILES string of the molecule is CCN(CC)C(=O)O[n+]1ccc(N(C)C)cc1. The van der Waals surface area contributed by atoms with Crippen molar-refractivity contribution in [3.05, 3.63) is 24.5 Å². The van der Waals surface area contributed by atoms with Crippen LogP contribution in [0.25, 0.3) is 0 Å². The monoisotopic (exact) mass is 238 g/mol. The van der Waals surface area contributed by atoms with Crippen LogP contribution in [0.3, 0.4) is 0 Å². The summed E-state index contributed by atoms with van der Waals surface area (Å²) in [6, 6.07) is 3.77. The molecule has 0 saturated heterocycles. The van der Waals surface area contributed by atoms with Gasteiger partial charge in [0.2, 0.25) is 12.4 Å². The zero-order valence-electron chi connectivity index (χ0n) is 10.9. The Kier molecular flexibility index (Phi) is 4.75. The van der Waals surface area contributed by atoms with E-state index in [1.165, 1.54) is 4.73 Å². The van der Waals surface area contributed by atoms with Gasteiger partial charge in [0.1, 0.15) is 0 Å². The van der Waals surface area contributed by atoms with Gasteiger partial charge in [-0.05, 0) is 13.8 Å². The normalized spacial score (nSPS) is 9.88. The number of aromatic nitrogens is 1. The van der Waals surface area contributed by atoms with E-state index < -0.39 is 0 Å². The smallest absolute Gasteiger partial charge is 0.377 e. The summed E-state index contributed by atoms with van der Waals surface area (Å²) in [4.78, 5) is 20.4. The Balaban J connectivity index is 2.66. The van der Waals surface area contributed by atoms with Gasteiger partial charge in [0.25, 0.3) is 0 Å². The molecule has 0 spiro atoms. The molecule has 0 N–H and O–H groups in total. The van der Waals surface area contributed by atoms with E-state index in [-0.39, 0.29) is 6.09 Å². The molecule has 0 unspecified atom stereocenters. The van der Waals surface area contributed by atoms with Crippen LogP contribution >= 0.6 is 0 Å². The molecular formula is C12H20N3O2+. The summed E-state index contributed by atoms with van der Waals surface area (Å²) < 4.78 is 1.41. The lowest BCUT2D eigenvalue weighted by molar-refractivity contribution is -0.869. The molecule has 1 aromatic rings. The number of hydrogen-bond acceptors (Lipinski definition) is 3. The largest absolute Gasteiger partial charge is 0.478 e. The van der Waals surface area contributed by atoms with Gasteiger partial charge < -0.3 is 9.80 Å². The highest BCUT2D eigenvalue weighted by Crippen LogP contribution is 2.05. The second kappa shape index (κ2) is 6.08. The lowest BCUT2D eigenvalue weighted by Gasteiger charge is -2.14. The molecule has 0 radical (unpaired) electrons. The van der Waals surface area contributed by atoms with Gasteiger partial charge >= 0.3 is 6.09 Å². The third-order valence-corrected chi connectivity index (χ3v) is 2.51. The van der Waals surface area contributed by atoms with E-state index in [0.717, 1.165) is 5.69 Å². The first kappa shape index (κ1) is 13.3. The number of carbonyl (C=O) groups is 1. The molecule has 1 heterocycles. The Bertz CT molecular complexity index is 359. The van der Waals surface area contributed by atoms with Crippen molar-refractivity contribution in [3.63, 3.8) is 0 Å². The van der Waals surface area contributed by atoms with Crippen LogP contribution in [0.1, 0.15) is 13.8 Å². The average Bonchev–Trinajstić information content (AvgIpc) is 2.31. The molecular weight excluding hydrogens is 218 g/mol. The minimum atomic E-state index is -0.336. The third-order valence-electron chi connectivity index (χ3n) is 2.51. The summed E-state index contributed by atoms with van der Waals surface area (Å²) in [6.45, 7) is 5.13. The molecule has 0 saturated carbocycles. The Morgan fingerprint density at radius 2 is 1.76 bits per heavy atom. The van der Waals surface area contributed by atoms with E-state index in [1.807, 2.05) is 45.0 Å². The molecule has 0 aliphatic carbocycles. The first-order valence-electron chi connectivity index (χ1n) is 5.74. The molecule has 0 atom stereocenters. The van der Waals surface area contributed by atoms with Gasteiger partial charge in [-0.25, -0.2) is 4.79 Å². The Morgan fingerprint density at radius 3 is 2.18 bits per heavy atom. The van der Waals surface area contributed by atoms with Crippen LogP contribution < -0.4 is 14.5 Å². The summed E-state index contributed by atoms with van der Waals surface area (Å²) in [7, 11) is 3.92. The fourth-order valence-electron chi connectivity index (χ4n) is 1.39. The van der Waals surface area contributed by atoms with Crippen LogP contribution in [0.4, 0.5) is 10.5 Å². The van der Waals surface area contributed by atoms with Crippen molar-refractivity contribution in [1.82, 2.24) is 4.90 Å². The molecule has 1 amide bonds. The molecule has 0 bridgehead atoms. The van der Waals surface area contributed by atoms with Gasteiger partial charge in [0.15, 0.2) is 0 Å². The van der Waals surface area contributed by atoms with Crippen LogP contribution in [0.2, 0.25) is 0 Å². The van der Waals surface area contributed by atoms with Crippen molar-refractivity contribution in [2.24, 2.45) is 0 Å². The highest BCUT2D eigenvalue weighted by atomic mass is 16.7. The predicted octanol–water partition coefficient (Wildman–Crippen LogP) is 0.930. The second-order valence-corrected chi connectivity index (χ2v) is 3.84. The molecule has 0 fully saturated rings. The first-order valence-corrected chi connectivity index (χ1v) is 5.74. The van der Waals surface area contributed by atoms with E-state index >= 15 is 0 Å². The van der Waals surface area contributed by atoms with Crippen molar-refractivity contribution in [2.75, 3.05) is 32.1 Å². The fraction of sp³-hybridized carbons (Fsp3) is 0.500. The zero-order chi connectivity index (χ0) is 12.8. The number of nitrogens with zero attached hydrogens (tertiary/aromatic N) is 3. The minimum Gasteiger partial charge on any atom is -0.377 e. The van der Waals surface area contributed by atoms with E-state index in [9.17, 15) is 4.79 Å². The van der Waals surface area contributed by atoms with Gasteiger partial charge in [-0.1, -0.05) is 0 Å². The van der Waals surface area contributed by atoms with Gasteiger partial charge in [0, 0.05) is 49.7 Å². The van der Waals surface area contributed by atoms with Crippen LogP contribution in [0.5, 0.6) is 0 Å². The third kappa shape index (κ3) is 3.62. The Morgan fingerprint density at radius 1 is 1.24 bits per heavy atom. The fourth-order valence-corrected chi connectivity index (χ4v) is 1.39. The number of carbonyl (C=O) groups excluding carboxylic acids is 1. The number of hydrogen-bond donors (Lipinski definition) is 0. The van der Waals surface area contributed by atoms with E-state index in [0.29, 0.717) is 13.1 Å². The van der Waals surface area contributed by atoms with Gasteiger partial charge in [-0.3, -0.25) is 0 Å². The van der Waals surface area contributed by atoms with Crippen LogP contribution in [-0.2, 0) is 0 Å². The molecule has 1 aromatic heterocycles. The molecule has 5 nitrogen and oxygen atoms in total. The summed E-state index contributed by atoms with van der Waals surface area (Å²) in [5.74, 6) is 0. The molecule has 5 heteroatoms. The van der Waals surface area contributed by atoms with Crippen molar-refractivity contribution in [1.29, 1.82) is 0 Å². The summed E-state index contributed by atoms with van der Waals surface area (Å²) in [6.07, 6.45) is 3.10. The zero-order valence-corrected chi connectivity index (χ0v) is 10.9. The quantitative estimate of drug-likeness (QED) is 0.732. The van der Waals surface area contributed by atoms with Gasteiger partial charge in [-0.15, -0.1) is 0 Å². The highest BCUT2D eigenvalue weighted by molar-refractivity contribution is 5.66. The molecule has 94 valence electrons. The molecule has 0 aliphatic heterocycles. The molecule has 0 aromatic carbocycles. The predicted molar refractivity (Wildman–Crippen MR) is 65.9 cm³/mol. The summed E-state index contributed by atoms with van der Waals surface area (Å²) in [5.41, 5.74) is 1.06. The average molecular weight is 238 g/mol. The Labute approximate surface area is 102 Å². The maximum Gasteiger partial charge on any atom is 0.478 e. The van der Waals surface area contributed by atoms with Crippen molar-refractivity contribution >= 4 is 11.8 Å². The van der Waals surface area contributed by atoms with Gasteiger partial charge in [0.05, 0.1) is 0 Å². The minimum absolute atomic E-state index is 0.336. The van der Waals surface area contributed by atoms with Crippen molar-refractivity contribution < 1.29 is 14.4 Å². The van der Waals surface area contributed by atoms with Crippen molar-refractivity contribution in [3.8, 4) is 0 Å². The lowest BCUT2D eigenvalue weighted by atomic mass is 10.4. The maximum atomic E-state index is 11.7. The van der Waals surface area contributed by atoms with E-state index in [2.05, 4.69) is 0 Å². The van der Waals surface area contributed by atoms with Gasteiger partial charge in [-0.2, -0.15) is 4.84 Å². The van der Waals surface area contributed by atoms with Crippen LogP contribution in [0.15, 0.2) is 24.5 Å². The number of rotatable bonds is 4. The van der Waals surface area contributed by atoms with E-state index in [1.54, 1.807) is 17.3 Å². The molecule has 1 rings (SSSR count). The van der Waals surface area contributed by atoms with Crippen LogP contribution in [-0.4, -0.2) is 38.2 Å². The second-order valence-electron chi connectivity index (χ2n) is 3.84. The molecule has 17 heavy (non-hydrogen) atoms. The van der Waals surface area contributed by atoms with E-state index in [4.69, 9.17) is 4.84 Å². The number of pyridine rings is 1. The number of anilines is 1. The summed E-state index contributed by atoms with van der Waals surface area (Å²) in [5, 5.41) is 0. The lowest BCUT2D eigenvalue weighted by Crippen LogP contribution is -2.50. The van der Waals surface area contributed by atoms with Crippen molar-refractivity contribution in [2.45, 2.75) is 13.8 Å². The topological polar surface area (TPSA) is 36.7 Å². The standard InChI is InChI=1S/C12H20N3O2/c1-5-14(6-2)12(16)17-15-9-7-11(8-10-15)13(3)4/h7-10H,5-6H2,1-4H3/q+1.